The van der Waals surface area contributed by atoms with Crippen molar-refractivity contribution in [3.05, 3.63) is 33.8 Å². The van der Waals surface area contributed by atoms with E-state index in [9.17, 15) is 9.59 Å². The number of carboxylic acid groups (broad SMARTS) is 1. The van der Waals surface area contributed by atoms with Gasteiger partial charge in [-0.1, -0.05) is 22.0 Å². The average Bonchev–Trinajstić information content (AvgIpc) is 2.18. The van der Waals surface area contributed by atoms with Gasteiger partial charge in [0.2, 0.25) is 0 Å². The van der Waals surface area contributed by atoms with Crippen LogP contribution in [0.2, 0.25) is 0 Å². The van der Waals surface area contributed by atoms with Crippen molar-refractivity contribution in [2.24, 2.45) is 0 Å². The second-order valence-electron chi connectivity index (χ2n) is 2.85. The van der Waals surface area contributed by atoms with Crippen molar-refractivity contribution in [3.63, 3.8) is 0 Å². The summed E-state index contributed by atoms with van der Waals surface area (Å²) in [5.74, 6) is -0.502. The number of rotatable bonds is 1. The molecule has 0 aromatic heterocycles. The average molecular weight is 273 g/mol. The molecular weight excluding hydrogens is 264 g/mol. The first kappa shape index (κ1) is 11.5. The molecule has 80 valence electrons. The lowest BCUT2D eigenvalue weighted by molar-refractivity contribution is 0.0926. The molecule has 1 aromatic carbocycles. The lowest BCUT2D eigenvalue weighted by atomic mass is 10.1. The van der Waals surface area contributed by atoms with Crippen LogP contribution in [0.15, 0.2) is 22.7 Å². The van der Waals surface area contributed by atoms with E-state index in [-0.39, 0.29) is 0 Å². The lowest BCUT2D eigenvalue weighted by Gasteiger charge is -2.05. The molecule has 0 unspecified atom stereocenters. The fraction of sp³-hybridized carbons (Fsp3) is 0.111. The highest BCUT2D eigenvalue weighted by atomic mass is 79.9. The van der Waals surface area contributed by atoms with Crippen LogP contribution in [0, 0.1) is 6.92 Å². The molecule has 3 N–H and O–H groups in total. The van der Waals surface area contributed by atoms with E-state index in [4.69, 9.17) is 5.11 Å². The van der Waals surface area contributed by atoms with Crippen molar-refractivity contribution in [1.29, 1.82) is 0 Å². The molecule has 15 heavy (non-hydrogen) atoms. The summed E-state index contributed by atoms with van der Waals surface area (Å²) < 4.78 is 0.797. The van der Waals surface area contributed by atoms with Crippen molar-refractivity contribution in [2.75, 3.05) is 0 Å². The third-order valence-electron chi connectivity index (χ3n) is 1.72. The first-order valence-corrected chi connectivity index (χ1v) is 4.85. The number of aryl methyl sites for hydroxylation is 1. The van der Waals surface area contributed by atoms with Gasteiger partial charge in [-0.2, -0.15) is 0 Å². The van der Waals surface area contributed by atoms with E-state index in [1.54, 1.807) is 23.6 Å². The van der Waals surface area contributed by atoms with Gasteiger partial charge in [-0.25, -0.2) is 10.2 Å². The molecule has 0 aliphatic heterocycles. The van der Waals surface area contributed by atoms with Gasteiger partial charge in [0.05, 0.1) is 0 Å². The molecule has 2 amide bonds. The Morgan fingerprint density at radius 1 is 1.33 bits per heavy atom. The molecule has 0 spiro atoms. The lowest BCUT2D eigenvalue weighted by Crippen LogP contribution is -2.40. The molecule has 0 saturated heterocycles. The van der Waals surface area contributed by atoms with Gasteiger partial charge in [0.15, 0.2) is 0 Å². The molecule has 1 aromatic rings. The third kappa shape index (κ3) is 3.25. The topological polar surface area (TPSA) is 78.4 Å². The van der Waals surface area contributed by atoms with Gasteiger partial charge >= 0.3 is 6.09 Å². The summed E-state index contributed by atoms with van der Waals surface area (Å²) in [6.45, 7) is 1.89. The van der Waals surface area contributed by atoms with Crippen LogP contribution in [0.4, 0.5) is 4.79 Å². The first-order chi connectivity index (χ1) is 7.00. The summed E-state index contributed by atoms with van der Waals surface area (Å²) in [4.78, 5) is 21.5. The first-order valence-electron chi connectivity index (χ1n) is 4.06. The van der Waals surface area contributed by atoms with E-state index in [2.05, 4.69) is 15.9 Å². The number of nitrogens with one attached hydrogen (secondary N) is 2. The van der Waals surface area contributed by atoms with Crippen LogP contribution in [-0.2, 0) is 0 Å². The molecule has 0 atom stereocenters. The Kier molecular flexibility index (Phi) is 3.68. The van der Waals surface area contributed by atoms with Gasteiger partial charge in [0.1, 0.15) is 0 Å². The van der Waals surface area contributed by atoms with Crippen molar-refractivity contribution < 1.29 is 14.7 Å². The summed E-state index contributed by atoms with van der Waals surface area (Å²) >= 11 is 3.28. The SMILES string of the molecule is Cc1ccc(C(=O)NNC(=O)O)cc1Br. The van der Waals surface area contributed by atoms with Gasteiger partial charge in [-0.15, -0.1) is 0 Å². The minimum atomic E-state index is -1.31. The summed E-state index contributed by atoms with van der Waals surface area (Å²) in [6, 6.07) is 4.99. The second kappa shape index (κ2) is 4.79. The number of halogens is 1. The van der Waals surface area contributed by atoms with E-state index in [0.717, 1.165) is 10.0 Å². The minimum absolute atomic E-state index is 0.376. The highest BCUT2D eigenvalue weighted by molar-refractivity contribution is 9.10. The number of carbonyl (C=O) groups is 2. The van der Waals surface area contributed by atoms with Crippen LogP contribution in [0.5, 0.6) is 0 Å². The largest absolute Gasteiger partial charge is 0.464 e. The number of amides is 2. The molecule has 0 aliphatic carbocycles. The van der Waals surface area contributed by atoms with E-state index in [0.29, 0.717) is 5.56 Å². The molecule has 0 bridgehead atoms. The molecule has 6 heteroatoms. The van der Waals surface area contributed by atoms with Crippen LogP contribution in [0.3, 0.4) is 0 Å². The minimum Gasteiger partial charge on any atom is -0.464 e. The number of carbonyl (C=O) groups excluding carboxylic acids is 1. The molecule has 5 nitrogen and oxygen atoms in total. The third-order valence-corrected chi connectivity index (χ3v) is 2.57. The molecule has 0 radical (unpaired) electrons. The normalized spacial score (nSPS) is 9.47. The standard InChI is InChI=1S/C9H9BrN2O3/c1-5-2-3-6(4-7(5)10)8(13)11-12-9(14)15/h2-4,12H,1H3,(H,11,13)(H,14,15). The highest BCUT2D eigenvalue weighted by Crippen LogP contribution is 2.17. The van der Waals surface area contributed by atoms with Crippen LogP contribution in [0.25, 0.3) is 0 Å². The van der Waals surface area contributed by atoms with Crippen molar-refractivity contribution in [1.82, 2.24) is 10.9 Å². The van der Waals surface area contributed by atoms with Gasteiger partial charge < -0.3 is 5.11 Å². The maximum Gasteiger partial charge on any atom is 0.423 e. The van der Waals surface area contributed by atoms with Crippen LogP contribution in [0.1, 0.15) is 15.9 Å². The number of hydrazine groups is 1. The van der Waals surface area contributed by atoms with E-state index < -0.39 is 12.0 Å². The van der Waals surface area contributed by atoms with E-state index in [1.165, 1.54) is 0 Å². The van der Waals surface area contributed by atoms with Crippen LogP contribution >= 0.6 is 15.9 Å². The Hall–Kier alpha value is -1.56. The van der Waals surface area contributed by atoms with Gasteiger partial charge in [-0.05, 0) is 24.6 Å². The van der Waals surface area contributed by atoms with Crippen LogP contribution < -0.4 is 10.9 Å². The van der Waals surface area contributed by atoms with Crippen molar-refractivity contribution >= 4 is 27.9 Å². The summed E-state index contributed by atoms with van der Waals surface area (Å²) in [5.41, 5.74) is 5.19. The Morgan fingerprint density at radius 2 is 2.00 bits per heavy atom. The quantitative estimate of drug-likeness (QED) is 0.681. The van der Waals surface area contributed by atoms with E-state index in [1.807, 2.05) is 12.3 Å². The molecule has 0 saturated carbocycles. The Morgan fingerprint density at radius 3 is 2.53 bits per heavy atom. The molecule has 0 heterocycles. The molecule has 1 rings (SSSR count). The number of benzene rings is 1. The molecule has 0 fully saturated rings. The Balaban J connectivity index is 2.74. The highest BCUT2D eigenvalue weighted by Gasteiger charge is 2.07. The molecular formula is C9H9BrN2O3. The predicted molar refractivity (Wildman–Crippen MR) is 57.5 cm³/mol. The number of hydrogen-bond acceptors (Lipinski definition) is 2. The van der Waals surface area contributed by atoms with Crippen molar-refractivity contribution in [2.45, 2.75) is 6.92 Å². The maximum absolute atomic E-state index is 11.4. The maximum atomic E-state index is 11.4. The molecule has 0 aliphatic rings. The summed E-state index contributed by atoms with van der Waals surface area (Å²) in [6.07, 6.45) is -1.31. The monoisotopic (exact) mass is 272 g/mol. The second-order valence-corrected chi connectivity index (χ2v) is 3.70. The Labute approximate surface area is 94.6 Å². The fourth-order valence-electron chi connectivity index (χ4n) is 0.916. The number of hydrogen-bond donors (Lipinski definition) is 3. The zero-order valence-electron chi connectivity index (χ0n) is 7.87. The van der Waals surface area contributed by atoms with Gasteiger partial charge in [-0.3, -0.25) is 10.2 Å². The Bertz CT molecular complexity index is 406. The fourth-order valence-corrected chi connectivity index (χ4v) is 1.30. The van der Waals surface area contributed by atoms with Crippen LogP contribution in [-0.4, -0.2) is 17.1 Å². The summed E-state index contributed by atoms with van der Waals surface area (Å²) in [5, 5.41) is 8.27. The van der Waals surface area contributed by atoms with E-state index >= 15 is 0 Å². The van der Waals surface area contributed by atoms with Crippen molar-refractivity contribution in [3.8, 4) is 0 Å². The predicted octanol–water partition coefficient (Wildman–Crippen LogP) is 1.67. The van der Waals surface area contributed by atoms with Gasteiger partial charge in [0, 0.05) is 10.0 Å². The van der Waals surface area contributed by atoms with Gasteiger partial charge in [0.25, 0.3) is 5.91 Å². The zero-order chi connectivity index (χ0) is 11.4. The zero-order valence-corrected chi connectivity index (χ0v) is 9.46. The smallest absolute Gasteiger partial charge is 0.423 e. The summed E-state index contributed by atoms with van der Waals surface area (Å²) in [7, 11) is 0.